The lowest BCUT2D eigenvalue weighted by atomic mass is 9.91. The third kappa shape index (κ3) is 8.54. The first kappa shape index (κ1) is 45.0. The number of benzene rings is 11. The summed E-state index contributed by atoms with van der Waals surface area (Å²) in [6.45, 7) is 6.52. The molecule has 13 aromatic rings. The van der Waals surface area contributed by atoms with Crippen molar-refractivity contribution in [1.82, 2.24) is 9.13 Å². The number of nitrogens with zero attached hydrogens (tertiary/aromatic N) is 4. The van der Waals surface area contributed by atoms with Gasteiger partial charge in [-0.1, -0.05) is 189 Å². The van der Waals surface area contributed by atoms with Crippen molar-refractivity contribution in [3.05, 3.63) is 296 Å². The highest BCUT2D eigenvalue weighted by Gasteiger charge is 2.18. The van der Waals surface area contributed by atoms with E-state index in [1.807, 2.05) is 55.5 Å². The molecule has 2 aromatic heterocycles. The number of para-hydroxylation sites is 4. The maximum Gasteiger partial charge on any atom is 0.160 e. The molecule has 0 spiro atoms. The van der Waals surface area contributed by atoms with Gasteiger partial charge in [-0.2, -0.15) is 0 Å². The van der Waals surface area contributed by atoms with Gasteiger partial charge in [0.1, 0.15) is 0 Å². The van der Waals surface area contributed by atoms with Gasteiger partial charge in [0.25, 0.3) is 0 Å². The van der Waals surface area contributed by atoms with E-state index in [2.05, 4.69) is 240 Å². The number of aliphatic imine (C=N–C) groups is 2. The molecule has 0 fully saturated rings. The van der Waals surface area contributed by atoms with Crippen LogP contribution in [-0.2, 0) is 0 Å². The zero-order chi connectivity index (χ0) is 50.2. The quantitative estimate of drug-likeness (QED) is 0.0967. The van der Waals surface area contributed by atoms with Gasteiger partial charge in [0, 0.05) is 49.8 Å². The number of hydrogen-bond donors (Lipinski definition) is 0. The van der Waals surface area contributed by atoms with Gasteiger partial charge in [-0.05, 0) is 148 Å². The van der Waals surface area contributed by atoms with Crippen molar-refractivity contribution in [3.8, 4) is 55.9 Å². The van der Waals surface area contributed by atoms with Crippen LogP contribution in [0.3, 0.4) is 0 Å². The van der Waals surface area contributed by atoms with Gasteiger partial charge < -0.3 is 9.13 Å². The molecule has 0 unspecified atom stereocenters. The Morgan fingerprint density at radius 1 is 0.293 bits per heavy atom. The second-order valence-corrected chi connectivity index (χ2v) is 19.1. The van der Waals surface area contributed by atoms with E-state index >= 15 is 0 Å². The fraction of sp³-hybridized carbons (Fsp3) is 0.0141. The Kier molecular flexibility index (Phi) is 11.6. The van der Waals surface area contributed by atoms with Gasteiger partial charge in [0.15, 0.2) is 5.84 Å². The van der Waals surface area contributed by atoms with Crippen molar-refractivity contribution in [2.45, 2.75) is 6.92 Å². The van der Waals surface area contributed by atoms with Crippen LogP contribution in [-0.4, -0.2) is 20.7 Å². The van der Waals surface area contributed by atoms with Crippen LogP contribution in [0.5, 0.6) is 0 Å². The highest BCUT2D eigenvalue weighted by molar-refractivity contribution is 6.14. The predicted molar refractivity (Wildman–Crippen MR) is 318 cm³/mol. The number of hydrogen-bond acceptors (Lipinski definition) is 1. The Morgan fingerprint density at radius 3 is 1.19 bits per heavy atom. The third-order valence-electron chi connectivity index (χ3n) is 14.4. The largest absolute Gasteiger partial charge is 0.309 e. The van der Waals surface area contributed by atoms with E-state index in [1.165, 1.54) is 43.6 Å². The van der Waals surface area contributed by atoms with Gasteiger partial charge in [-0.15, -0.1) is 0 Å². The molecular formula is C71H50N4. The molecule has 0 saturated heterocycles. The summed E-state index contributed by atoms with van der Waals surface area (Å²) in [7, 11) is 0. The summed E-state index contributed by atoms with van der Waals surface area (Å²) in [5, 5.41) is 4.89. The van der Waals surface area contributed by atoms with E-state index in [1.54, 1.807) is 0 Å². The van der Waals surface area contributed by atoms with E-state index in [4.69, 9.17) is 9.98 Å². The highest BCUT2D eigenvalue weighted by atomic mass is 15.0. The number of amidine groups is 1. The van der Waals surface area contributed by atoms with Gasteiger partial charge in [0.05, 0.1) is 27.8 Å². The first-order valence-electron chi connectivity index (χ1n) is 25.5. The van der Waals surface area contributed by atoms with Gasteiger partial charge in [-0.25, -0.2) is 9.98 Å². The van der Waals surface area contributed by atoms with Crippen LogP contribution in [0, 0.1) is 0 Å². The standard InChI is InChI=1S/C71H50N4/c1-48(50-21-7-3-8-22-50)72-71(51-23-9-4-10-24-51)73-49(2)52-25-19-26-53(41-52)54-27-20-28-55(42-54)58-43-59(56-37-39-69-65(46-56)63-33-15-17-35-67(63)74(69)61-29-11-5-12-30-61)45-60(44-58)57-38-40-70-66(47-57)64-34-16-18-36-68(64)75(70)62-31-13-6-14-32-62/h3-47H,2H2,1H3. The lowest BCUT2D eigenvalue weighted by Gasteiger charge is -2.14. The van der Waals surface area contributed by atoms with Crippen molar-refractivity contribution >= 4 is 60.9 Å². The smallest absolute Gasteiger partial charge is 0.160 e. The molecule has 0 radical (unpaired) electrons. The van der Waals surface area contributed by atoms with Crippen LogP contribution in [0.15, 0.2) is 290 Å². The normalized spacial score (nSPS) is 12.0. The molecule has 75 heavy (non-hydrogen) atoms. The molecule has 0 aliphatic carbocycles. The Hall–Kier alpha value is -9.90. The fourth-order valence-electron chi connectivity index (χ4n) is 10.7. The summed E-state index contributed by atoms with van der Waals surface area (Å²) < 4.78 is 4.76. The minimum Gasteiger partial charge on any atom is -0.309 e. The van der Waals surface area contributed by atoms with Crippen LogP contribution in [0.25, 0.3) is 105 Å². The van der Waals surface area contributed by atoms with Crippen molar-refractivity contribution < 1.29 is 0 Å². The Balaban J connectivity index is 0.933. The molecule has 0 amide bonds. The Morgan fingerprint density at radius 2 is 0.667 bits per heavy atom. The average molecular weight is 959 g/mol. The molecule has 4 heteroatoms. The maximum atomic E-state index is 5.10. The molecule has 4 nitrogen and oxygen atoms in total. The van der Waals surface area contributed by atoms with Crippen molar-refractivity contribution in [3.63, 3.8) is 0 Å². The van der Waals surface area contributed by atoms with Crippen molar-refractivity contribution in [2.24, 2.45) is 9.98 Å². The van der Waals surface area contributed by atoms with E-state index < -0.39 is 0 Å². The summed E-state index contributed by atoms with van der Waals surface area (Å²) in [4.78, 5) is 10.1. The molecule has 0 aliphatic heterocycles. The molecule has 0 atom stereocenters. The zero-order valence-electron chi connectivity index (χ0n) is 41.5. The van der Waals surface area contributed by atoms with Crippen LogP contribution in [0.1, 0.15) is 23.6 Å². The van der Waals surface area contributed by atoms with Gasteiger partial charge in [0.2, 0.25) is 0 Å². The molecule has 0 aliphatic rings. The molecule has 0 saturated carbocycles. The summed E-state index contributed by atoms with van der Waals surface area (Å²) in [5.74, 6) is 0.618. The topological polar surface area (TPSA) is 34.6 Å². The van der Waals surface area contributed by atoms with Crippen LogP contribution in [0.2, 0.25) is 0 Å². The second-order valence-electron chi connectivity index (χ2n) is 19.1. The van der Waals surface area contributed by atoms with E-state index in [0.717, 1.165) is 78.3 Å². The number of fused-ring (bicyclic) bond motifs is 6. The summed E-state index contributed by atoms with van der Waals surface area (Å²) in [6, 6.07) is 97.6. The lowest BCUT2D eigenvalue weighted by Crippen LogP contribution is -2.04. The number of aromatic nitrogens is 2. The lowest BCUT2D eigenvalue weighted by molar-refractivity contribution is 1.18. The number of rotatable bonds is 10. The summed E-state index contributed by atoms with van der Waals surface area (Å²) >= 11 is 0. The van der Waals surface area contributed by atoms with Crippen LogP contribution in [0.4, 0.5) is 0 Å². The highest BCUT2D eigenvalue weighted by Crippen LogP contribution is 2.41. The average Bonchev–Trinajstić information content (AvgIpc) is 4.04. The molecule has 354 valence electrons. The monoisotopic (exact) mass is 958 g/mol. The molecule has 13 rings (SSSR count). The van der Waals surface area contributed by atoms with Gasteiger partial charge >= 0.3 is 0 Å². The van der Waals surface area contributed by atoms with E-state index in [-0.39, 0.29) is 0 Å². The van der Waals surface area contributed by atoms with E-state index in [0.29, 0.717) is 11.5 Å². The minimum absolute atomic E-state index is 0.618. The second kappa shape index (κ2) is 19.3. The first-order valence-corrected chi connectivity index (χ1v) is 25.5. The fourth-order valence-corrected chi connectivity index (χ4v) is 10.7. The van der Waals surface area contributed by atoms with Crippen LogP contribution < -0.4 is 0 Å². The zero-order valence-corrected chi connectivity index (χ0v) is 41.5. The molecule has 0 N–H and O–H groups in total. The Labute approximate surface area is 436 Å². The van der Waals surface area contributed by atoms with Gasteiger partial charge in [-0.3, -0.25) is 0 Å². The molecule has 11 aromatic carbocycles. The maximum absolute atomic E-state index is 5.10. The summed E-state index contributed by atoms with van der Waals surface area (Å²) in [5.41, 5.74) is 20.5. The molecule has 0 bridgehead atoms. The molecule has 2 heterocycles. The summed E-state index contributed by atoms with van der Waals surface area (Å²) in [6.07, 6.45) is 0. The van der Waals surface area contributed by atoms with E-state index in [9.17, 15) is 0 Å². The first-order chi connectivity index (χ1) is 37.0. The Bertz CT molecular complexity index is 4170. The van der Waals surface area contributed by atoms with Crippen molar-refractivity contribution in [1.29, 1.82) is 0 Å². The van der Waals surface area contributed by atoms with Crippen LogP contribution >= 0.6 is 0 Å². The molecular weight excluding hydrogens is 909 g/mol. The predicted octanol–water partition coefficient (Wildman–Crippen LogP) is 18.5. The third-order valence-corrected chi connectivity index (χ3v) is 14.4. The SMILES string of the molecule is C=C(N=C(N=C(C)c1ccccc1)c1ccccc1)c1cccc(-c2cccc(-c3cc(-c4ccc5c(c4)c4ccccc4n5-c4ccccc4)cc(-c4ccc5c(c4)c4ccccc4n5-c4ccccc4)c3)c2)c1. The minimum atomic E-state index is 0.618. The van der Waals surface area contributed by atoms with Crippen molar-refractivity contribution in [2.75, 3.05) is 0 Å².